The lowest BCUT2D eigenvalue weighted by atomic mass is 9.80. The van der Waals surface area contributed by atoms with Gasteiger partial charge in [0.25, 0.3) is 0 Å². The summed E-state index contributed by atoms with van der Waals surface area (Å²) in [6.07, 6.45) is 0. The second kappa shape index (κ2) is 9.64. The zero-order valence-corrected chi connectivity index (χ0v) is 25.9. The largest absolute Gasteiger partial charge is 0.0629 e. The maximum absolute atomic E-state index is 9.49. The van der Waals surface area contributed by atoms with E-state index in [-0.39, 0.29) is 45.7 Å². The topological polar surface area (TPSA) is 0 Å². The smallest absolute Gasteiger partial charge is 0.0616 e. The van der Waals surface area contributed by atoms with Crippen LogP contribution in [0.15, 0.2) is 158 Å². The fourth-order valence-corrected chi connectivity index (χ4v) is 8.10. The highest BCUT2D eigenvalue weighted by Crippen LogP contribution is 2.53. The second-order valence-corrected chi connectivity index (χ2v) is 13.0. The Hall–Kier alpha value is -5.72. The Bertz CT molecular complexity index is 3130. The van der Waals surface area contributed by atoms with E-state index in [1.807, 2.05) is 72.8 Å². The van der Waals surface area contributed by atoms with Crippen molar-refractivity contribution in [3.63, 3.8) is 0 Å². The van der Waals surface area contributed by atoms with E-state index < -0.39 is 29.6 Å². The molecule has 0 atom stereocenters. The Labute approximate surface area is 285 Å². The van der Waals surface area contributed by atoms with Crippen LogP contribution in [0.4, 0.5) is 0 Å². The van der Waals surface area contributed by atoms with E-state index in [4.69, 9.17) is 5.48 Å². The number of rotatable bonds is 2. The maximum atomic E-state index is 9.49. The van der Waals surface area contributed by atoms with Gasteiger partial charge in [-0.25, -0.2) is 0 Å². The van der Waals surface area contributed by atoms with Crippen LogP contribution in [0.5, 0.6) is 0 Å². The lowest BCUT2D eigenvalue weighted by Crippen LogP contribution is -2.15. The van der Waals surface area contributed by atoms with Gasteiger partial charge in [0, 0.05) is 5.41 Å². The zero-order chi connectivity index (χ0) is 38.2. The highest BCUT2D eigenvalue weighted by molar-refractivity contribution is 6.25. The van der Waals surface area contributed by atoms with E-state index in [0.29, 0.717) is 22.3 Å². The predicted molar refractivity (Wildman–Crippen MR) is 202 cm³/mol. The molecule has 0 nitrogen and oxygen atoms in total. The van der Waals surface area contributed by atoms with Gasteiger partial charge in [0.1, 0.15) is 0 Å². The summed E-state index contributed by atoms with van der Waals surface area (Å²) in [5, 5.41) is 6.92. The SMILES string of the molecule is [2H]c1c([2H])c([2H])c2c(-c3cccc4c3ccc3ccccc34)c3c([2H])c([2H])c([2H])c([2H])c3c(-c3ccc4c(c3)C(C)(C)c3ccc5ccccc5c3-4)c2c1[2H]. The molecule has 0 N–H and O–H groups in total. The number of hydrogen-bond acceptors (Lipinski definition) is 0. The van der Waals surface area contributed by atoms with Crippen molar-refractivity contribution in [3.05, 3.63) is 169 Å². The monoisotopic (exact) mass is 604 g/mol. The van der Waals surface area contributed by atoms with Gasteiger partial charge in [-0.1, -0.05) is 165 Å². The van der Waals surface area contributed by atoms with Gasteiger partial charge >= 0.3 is 0 Å². The summed E-state index contributed by atoms with van der Waals surface area (Å²) in [6, 6.07) is 33.8. The number of hydrogen-bond donors (Lipinski definition) is 0. The van der Waals surface area contributed by atoms with E-state index >= 15 is 0 Å². The third-order valence-corrected chi connectivity index (χ3v) is 10.3. The Kier molecular flexibility index (Phi) is 4.05. The molecule has 0 heterocycles. The van der Waals surface area contributed by atoms with Crippen LogP contribution >= 0.6 is 0 Å². The van der Waals surface area contributed by atoms with E-state index in [1.165, 1.54) is 5.56 Å². The molecule has 0 radical (unpaired) electrons. The highest BCUT2D eigenvalue weighted by atomic mass is 14.4. The van der Waals surface area contributed by atoms with E-state index in [0.717, 1.165) is 49.0 Å². The molecule has 220 valence electrons. The van der Waals surface area contributed by atoms with E-state index in [1.54, 1.807) is 0 Å². The highest BCUT2D eigenvalue weighted by Gasteiger charge is 2.36. The molecule has 0 saturated carbocycles. The Morgan fingerprint density at radius 1 is 0.404 bits per heavy atom. The summed E-state index contributed by atoms with van der Waals surface area (Å²) in [4.78, 5) is 0. The Morgan fingerprint density at radius 3 is 1.72 bits per heavy atom. The van der Waals surface area contributed by atoms with Gasteiger partial charge in [0.2, 0.25) is 0 Å². The molecule has 0 aromatic heterocycles. The molecule has 0 amide bonds. The molecule has 0 saturated heterocycles. The Balaban J connectivity index is 1.41. The molecule has 0 fully saturated rings. The minimum Gasteiger partial charge on any atom is -0.0616 e. The summed E-state index contributed by atoms with van der Waals surface area (Å²) < 4.78 is 73.5. The fraction of sp³-hybridized carbons (Fsp3) is 0.0638. The number of benzene rings is 9. The molecule has 0 bridgehead atoms. The maximum Gasteiger partial charge on any atom is 0.0629 e. The van der Waals surface area contributed by atoms with Gasteiger partial charge in [-0.15, -0.1) is 0 Å². The standard InChI is InChI=1S/C47H32/c1-47(2)42-27-24-30-13-4-6-15-33(30)46(42)41-26-23-31(28-43(41)47)44-37-16-7-9-18-39(37)45(40-19-10-8-17-38(40)44)36-21-11-20-34-32-14-5-3-12-29(32)22-25-35(34)36/h3-28H,1-2H3/i7D,8D,9D,10D,16D,17D,18D,19D. The van der Waals surface area contributed by atoms with E-state index in [2.05, 4.69) is 50.2 Å². The van der Waals surface area contributed by atoms with Crippen molar-refractivity contribution in [2.24, 2.45) is 0 Å². The first-order valence-corrected chi connectivity index (χ1v) is 16.0. The molecule has 0 spiro atoms. The normalized spacial score (nSPS) is 15.9. The molecule has 47 heavy (non-hydrogen) atoms. The van der Waals surface area contributed by atoms with Crippen LogP contribution in [0, 0.1) is 0 Å². The van der Waals surface area contributed by atoms with Crippen LogP contribution in [0.1, 0.15) is 35.9 Å². The molecule has 9 aromatic carbocycles. The third-order valence-electron chi connectivity index (χ3n) is 10.3. The lowest BCUT2D eigenvalue weighted by Gasteiger charge is -2.23. The van der Waals surface area contributed by atoms with Crippen LogP contribution in [0.25, 0.3) is 87.2 Å². The van der Waals surface area contributed by atoms with E-state index in [9.17, 15) is 5.48 Å². The average molecular weight is 605 g/mol. The number of fused-ring (bicyclic) bond motifs is 10. The van der Waals surface area contributed by atoms with Crippen molar-refractivity contribution in [2.45, 2.75) is 19.3 Å². The summed E-state index contributed by atoms with van der Waals surface area (Å²) in [5.41, 5.74) is 5.95. The zero-order valence-electron chi connectivity index (χ0n) is 33.9. The van der Waals surface area contributed by atoms with Gasteiger partial charge in [0.15, 0.2) is 0 Å². The summed E-state index contributed by atoms with van der Waals surface area (Å²) in [7, 11) is 0. The molecule has 1 aliphatic carbocycles. The van der Waals surface area contributed by atoms with Gasteiger partial charge in [-0.2, -0.15) is 0 Å². The summed E-state index contributed by atoms with van der Waals surface area (Å²) in [5.74, 6) is 0. The molecular weight excluding hydrogens is 565 g/mol. The first-order chi connectivity index (χ1) is 26.4. The van der Waals surface area contributed by atoms with Crippen molar-refractivity contribution < 1.29 is 11.0 Å². The van der Waals surface area contributed by atoms with Crippen LogP contribution < -0.4 is 0 Å². The third kappa shape index (κ3) is 3.64. The minimum absolute atomic E-state index is 0.216. The molecular formula is C47H32. The molecule has 1 aliphatic rings. The van der Waals surface area contributed by atoms with Crippen LogP contribution in [-0.2, 0) is 5.41 Å². The molecule has 10 rings (SSSR count). The minimum atomic E-state index is -0.430. The molecule has 9 aromatic rings. The van der Waals surface area contributed by atoms with Crippen LogP contribution in [0.3, 0.4) is 0 Å². The van der Waals surface area contributed by atoms with Crippen molar-refractivity contribution in [1.82, 2.24) is 0 Å². The van der Waals surface area contributed by atoms with Gasteiger partial charge in [-0.05, 0) is 104 Å². The van der Waals surface area contributed by atoms with Crippen LogP contribution in [-0.4, -0.2) is 0 Å². The fourth-order valence-electron chi connectivity index (χ4n) is 8.10. The van der Waals surface area contributed by atoms with Crippen molar-refractivity contribution >= 4 is 53.9 Å². The first-order valence-electron chi connectivity index (χ1n) is 20.0. The predicted octanol–water partition coefficient (Wildman–Crippen LogP) is 13.1. The van der Waals surface area contributed by atoms with Gasteiger partial charge in [0.05, 0.1) is 11.0 Å². The van der Waals surface area contributed by atoms with Crippen molar-refractivity contribution in [1.29, 1.82) is 0 Å². The molecule has 0 heteroatoms. The first kappa shape index (κ1) is 19.7. The van der Waals surface area contributed by atoms with Crippen LogP contribution in [0.2, 0.25) is 0 Å². The molecule has 0 aliphatic heterocycles. The Morgan fingerprint density at radius 2 is 1.00 bits per heavy atom. The van der Waals surface area contributed by atoms with Crippen molar-refractivity contribution in [2.75, 3.05) is 0 Å². The lowest BCUT2D eigenvalue weighted by molar-refractivity contribution is 0.661. The summed E-state index contributed by atoms with van der Waals surface area (Å²) >= 11 is 0. The average Bonchev–Trinajstić information content (AvgIpc) is 3.44. The van der Waals surface area contributed by atoms with Gasteiger partial charge < -0.3 is 0 Å². The van der Waals surface area contributed by atoms with Gasteiger partial charge in [-0.3, -0.25) is 0 Å². The summed E-state index contributed by atoms with van der Waals surface area (Å²) in [6.45, 7) is 4.36. The quantitative estimate of drug-likeness (QED) is 0.136. The molecule has 0 unspecified atom stereocenters. The second-order valence-electron chi connectivity index (χ2n) is 13.0. The van der Waals surface area contributed by atoms with Crippen molar-refractivity contribution in [3.8, 4) is 33.4 Å².